The van der Waals surface area contributed by atoms with E-state index < -0.39 is 36.9 Å². The van der Waals surface area contributed by atoms with E-state index in [0.717, 1.165) is 59.1 Å². The van der Waals surface area contributed by atoms with Crippen molar-refractivity contribution in [1.82, 2.24) is 19.9 Å². The summed E-state index contributed by atoms with van der Waals surface area (Å²) < 4.78 is 38.8. The maximum atomic E-state index is 13.7. The van der Waals surface area contributed by atoms with Gasteiger partial charge in [-0.1, -0.05) is 32.0 Å². The number of fused-ring (bicyclic) bond motifs is 1. The second kappa shape index (κ2) is 11.8. The smallest absolute Gasteiger partial charge is 0.408 e. The van der Waals surface area contributed by atoms with Crippen LogP contribution in [0.1, 0.15) is 69.3 Å². The van der Waals surface area contributed by atoms with Crippen LogP contribution in [0, 0.1) is 11.8 Å². The summed E-state index contributed by atoms with van der Waals surface area (Å²) in [5.41, 5.74) is 1.60. The maximum Gasteiger partial charge on any atom is 0.408 e. The van der Waals surface area contributed by atoms with Crippen LogP contribution in [0.5, 0.6) is 5.75 Å². The minimum Gasteiger partial charge on any atom is -0.494 e. The molecule has 224 valence electrons. The highest BCUT2D eigenvalue weighted by atomic mass is 19.3. The van der Waals surface area contributed by atoms with Crippen LogP contribution in [0.25, 0.3) is 0 Å². The van der Waals surface area contributed by atoms with Crippen molar-refractivity contribution in [2.75, 3.05) is 37.7 Å². The summed E-state index contributed by atoms with van der Waals surface area (Å²) in [6, 6.07) is 5.11. The highest BCUT2D eigenvalue weighted by Crippen LogP contribution is 2.33. The zero-order valence-corrected chi connectivity index (χ0v) is 23.9. The number of benzene rings is 1. The van der Waals surface area contributed by atoms with Gasteiger partial charge < -0.3 is 24.2 Å². The molecule has 1 aromatic carbocycles. The Kier molecular flexibility index (Phi) is 8.37. The average molecular weight is 576 g/mol. The lowest BCUT2D eigenvalue weighted by atomic mass is 9.84. The first-order valence-corrected chi connectivity index (χ1v) is 14.5. The Morgan fingerprint density at radius 3 is 2.56 bits per heavy atom. The third-order valence-electron chi connectivity index (χ3n) is 8.72. The van der Waals surface area contributed by atoms with Crippen LogP contribution in [-0.2, 0) is 17.8 Å². The van der Waals surface area contributed by atoms with Crippen molar-refractivity contribution in [3.8, 4) is 5.75 Å². The molecule has 1 N–H and O–H groups in total. The quantitative estimate of drug-likeness (QED) is 0.478. The van der Waals surface area contributed by atoms with Gasteiger partial charge in [-0.05, 0) is 54.4 Å². The number of ether oxygens (including phenoxy) is 1. The Morgan fingerprint density at radius 2 is 1.93 bits per heavy atom. The number of nitrogens with zero attached hydrogens (tertiary/aromatic N) is 5. The summed E-state index contributed by atoms with van der Waals surface area (Å²) in [6.07, 6.45) is 1.48. The molecule has 2 saturated heterocycles. The first-order valence-electron chi connectivity index (χ1n) is 14.5. The van der Waals surface area contributed by atoms with Crippen molar-refractivity contribution >= 4 is 18.0 Å². The van der Waals surface area contributed by atoms with E-state index in [1.807, 2.05) is 32.0 Å². The second-order valence-corrected chi connectivity index (χ2v) is 12.0. The average Bonchev–Trinajstić information content (AvgIpc) is 3.59. The molecule has 10 nitrogen and oxygen atoms in total. The van der Waals surface area contributed by atoms with E-state index in [2.05, 4.69) is 22.0 Å². The van der Waals surface area contributed by atoms with Crippen molar-refractivity contribution in [1.29, 1.82) is 0 Å². The van der Waals surface area contributed by atoms with Crippen molar-refractivity contribution < 1.29 is 32.7 Å². The van der Waals surface area contributed by atoms with Crippen LogP contribution in [-0.4, -0.2) is 81.8 Å². The Hall–Kier alpha value is -3.44. The van der Waals surface area contributed by atoms with E-state index in [1.165, 1.54) is 0 Å². The predicted molar refractivity (Wildman–Crippen MR) is 146 cm³/mol. The Morgan fingerprint density at radius 1 is 1.17 bits per heavy atom. The highest BCUT2D eigenvalue weighted by Gasteiger charge is 2.44. The minimum atomic E-state index is -2.93. The fourth-order valence-corrected chi connectivity index (χ4v) is 6.05. The van der Waals surface area contributed by atoms with Gasteiger partial charge in [0, 0.05) is 38.4 Å². The van der Waals surface area contributed by atoms with Crippen molar-refractivity contribution in [3.05, 3.63) is 35.2 Å². The molecule has 2 aromatic rings. The molecule has 0 unspecified atom stereocenters. The zero-order chi connectivity index (χ0) is 29.3. The van der Waals surface area contributed by atoms with Crippen LogP contribution in [0.3, 0.4) is 0 Å². The van der Waals surface area contributed by atoms with Gasteiger partial charge in [0.1, 0.15) is 11.8 Å². The minimum absolute atomic E-state index is 0.0101. The van der Waals surface area contributed by atoms with Gasteiger partial charge in [0.05, 0.1) is 19.7 Å². The fourth-order valence-electron chi connectivity index (χ4n) is 6.05. The molecule has 0 spiro atoms. The summed E-state index contributed by atoms with van der Waals surface area (Å²) in [5, 5.41) is 13.9. The van der Waals surface area contributed by atoms with Gasteiger partial charge >= 0.3 is 12.1 Å². The van der Waals surface area contributed by atoms with Crippen LogP contribution < -0.4 is 9.64 Å². The van der Waals surface area contributed by atoms with Crippen LogP contribution in [0.15, 0.2) is 22.7 Å². The van der Waals surface area contributed by atoms with E-state index in [9.17, 15) is 23.5 Å². The normalized spacial score (nSPS) is 21.7. The monoisotopic (exact) mass is 575 g/mol. The summed E-state index contributed by atoms with van der Waals surface area (Å²) >= 11 is 0. The molecule has 0 aliphatic carbocycles. The molecule has 3 aliphatic rings. The molecule has 5 rings (SSSR count). The van der Waals surface area contributed by atoms with Gasteiger partial charge in [-0.2, -0.15) is 4.98 Å². The summed E-state index contributed by atoms with van der Waals surface area (Å²) in [7, 11) is 0. The van der Waals surface area contributed by atoms with Crippen LogP contribution >= 0.6 is 0 Å². The number of hydrogen-bond donors (Lipinski definition) is 1. The first kappa shape index (κ1) is 29.1. The second-order valence-electron chi connectivity index (χ2n) is 12.0. The van der Waals surface area contributed by atoms with E-state index in [-0.39, 0.29) is 25.4 Å². The van der Waals surface area contributed by atoms with Gasteiger partial charge in [0.15, 0.2) is 5.82 Å². The van der Waals surface area contributed by atoms with Crippen molar-refractivity contribution in [2.45, 2.75) is 77.3 Å². The van der Waals surface area contributed by atoms with Crippen LogP contribution in [0.2, 0.25) is 0 Å². The number of piperidine rings is 1. The largest absolute Gasteiger partial charge is 0.494 e. The predicted octanol–water partition coefficient (Wildman–Crippen LogP) is 4.79. The Bertz CT molecular complexity index is 1250. The van der Waals surface area contributed by atoms with Crippen molar-refractivity contribution in [3.63, 3.8) is 0 Å². The number of anilines is 1. The van der Waals surface area contributed by atoms with Gasteiger partial charge in [-0.15, -0.1) is 0 Å². The molecule has 2 atom stereocenters. The lowest BCUT2D eigenvalue weighted by Crippen LogP contribution is -2.53. The summed E-state index contributed by atoms with van der Waals surface area (Å²) in [4.78, 5) is 33.8. The third kappa shape index (κ3) is 6.56. The van der Waals surface area contributed by atoms with Crippen molar-refractivity contribution in [2.24, 2.45) is 11.8 Å². The zero-order valence-electron chi connectivity index (χ0n) is 23.9. The lowest BCUT2D eigenvalue weighted by Gasteiger charge is -2.36. The lowest BCUT2D eigenvalue weighted by molar-refractivity contribution is -0.137. The standard InChI is InChI=1S/C29H39F2N5O5/c1-18(2)25-32-27(41-33-25)34-10-6-20(7-11-34)19(3)8-13-40-23-5-4-21-15-24(36(28(38)39)16-22(21)14-23)26(37)35-12-9-29(30,31)17-35/h4-5,14,18-20,24H,6-13,15-17H2,1-3H3,(H,38,39)/t19-,24+/m1/s1. The number of carbonyl (C=O) groups excluding carboxylic acids is 1. The molecule has 12 heteroatoms. The summed E-state index contributed by atoms with van der Waals surface area (Å²) in [6.45, 7) is 7.91. The first-order chi connectivity index (χ1) is 19.5. The van der Waals surface area contributed by atoms with E-state index in [0.29, 0.717) is 30.2 Å². The molecule has 3 aliphatic heterocycles. The molecular weight excluding hydrogens is 536 g/mol. The maximum absolute atomic E-state index is 13.7. The van der Waals surface area contributed by atoms with E-state index in [4.69, 9.17) is 9.26 Å². The molecular formula is C29H39F2N5O5. The van der Waals surface area contributed by atoms with Crippen LogP contribution in [0.4, 0.5) is 19.6 Å². The summed E-state index contributed by atoms with van der Waals surface area (Å²) in [5.74, 6) is -0.839. The number of aromatic nitrogens is 2. The number of rotatable bonds is 8. The molecule has 1 aromatic heterocycles. The Balaban J connectivity index is 1.12. The Labute approximate surface area is 238 Å². The number of carboxylic acid groups (broad SMARTS) is 1. The van der Waals surface area contributed by atoms with Gasteiger partial charge in [-0.25, -0.2) is 13.6 Å². The van der Waals surface area contributed by atoms with Gasteiger partial charge in [0.25, 0.3) is 5.92 Å². The topological polar surface area (TPSA) is 112 Å². The highest BCUT2D eigenvalue weighted by molar-refractivity contribution is 5.86. The molecule has 0 radical (unpaired) electrons. The number of halogens is 2. The molecule has 4 heterocycles. The number of likely N-dealkylation sites (tertiary alicyclic amines) is 1. The molecule has 41 heavy (non-hydrogen) atoms. The molecule has 2 fully saturated rings. The number of amides is 2. The SMILES string of the molecule is CC(C)c1noc(N2CCC([C@H](C)CCOc3ccc4c(c3)CN(C(=O)O)[C@H](C(=O)N3CCC(F)(F)C3)C4)CC2)n1. The van der Waals surface area contributed by atoms with Gasteiger partial charge in [-0.3, -0.25) is 9.69 Å². The molecule has 2 amide bonds. The van der Waals surface area contributed by atoms with E-state index in [1.54, 1.807) is 0 Å². The molecule has 0 bridgehead atoms. The fraction of sp³-hybridized carbons (Fsp3) is 0.655. The number of carbonyl (C=O) groups is 2. The number of alkyl halides is 2. The number of hydrogen-bond acceptors (Lipinski definition) is 7. The third-order valence-corrected chi connectivity index (χ3v) is 8.72. The molecule has 0 saturated carbocycles. The van der Waals surface area contributed by atoms with Gasteiger partial charge in [0.2, 0.25) is 5.91 Å². The van der Waals surface area contributed by atoms with E-state index >= 15 is 0 Å².